The quantitative estimate of drug-likeness (QED) is 0.861. The van der Waals surface area contributed by atoms with Crippen molar-refractivity contribution >= 4 is 15.9 Å². The van der Waals surface area contributed by atoms with Gasteiger partial charge < -0.3 is 4.90 Å². The fraction of sp³-hybridized carbons (Fsp3) is 0.381. The highest BCUT2D eigenvalue weighted by Crippen LogP contribution is 2.28. The molecule has 5 nitrogen and oxygen atoms in total. The maximum atomic E-state index is 12.9. The molecule has 1 aliphatic heterocycles. The lowest BCUT2D eigenvalue weighted by Gasteiger charge is -2.33. The average Bonchev–Trinajstić information content (AvgIpc) is 3.52. The van der Waals surface area contributed by atoms with Crippen molar-refractivity contribution < 1.29 is 13.2 Å². The molecule has 0 spiro atoms. The highest BCUT2D eigenvalue weighted by Gasteiger charge is 2.29. The number of carbonyl (C=O) groups is 1. The van der Waals surface area contributed by atoms with Gasteiger partial charge in [-0.05, 0) is 55.5 Å². The molecule has 142 valence electrons. The van der Waals surface area contributed by atoms with Crippen LogP contribution in [-0.4, -0.2) is 38.4 Å². The number of rotatable bonds is 5. The average molecular weight is 385 g/mol. The van der Waals surface area contributed by atoms with Crippen LogP contribution in [0.1, 0.15) is 47.5 Å². The number of nitrogens with zero attached hydrogens (tertiary/aromatic N) is 1. The van der Waals surface area contributed by atoms with E-state index in [-0.39, 0.29) is 16.8 Å². The second-order valence-electron chi connectivity index (χ2n) is 7.42. The lowest BCUT2D eigenvalue weighted by Crippen LogP contribution is -2.39. The molecule has 2 aromatic rings. The van der Waals surface area contributed by atoms with Crippen LogP contribution in [0, 0.1) is 0 Å². The minimum Gasteiger partial charge on any atom is -0.338 e. The van der Waals surface area contributed by atoms with Crippen molar-refractivity contribution in [2.45, 2.75) is 42.5 Å². The van der Waals surface area contributed by atoms with E-state index in [4.69, 9.17) is 0 Å². The van der Waals surface area contributed by atoms with Crippen LogP contribution in [0.15, 0.2) is 59.5 Å². The number of benzene rings is 2. The SMILES string of the molecule is O=C(c1ccc(S(=O)(=O)NC2CC2)cc1)N1CCCC(c2ccccc2)C1. The molecule has 0 aromatic heterocycles. The Labute approximate surface area is 160 Å². The third-order valence-electron chi connectivity index (χ3n) is 5.29. The third kappa shape index (κ3) is 4.22. The number of sulfonamides is 1. The Morgan fingerprint density at radius 2 is 1.67 bits per heavy atom. The van der Waals surface area contributed by atoms with E-state index in [0.717, 1.165) is 32.2 Å². The van der Waals surface area contributed by atoms with Gasteiger partial charge in [0.05, 0.1) is 4.90 Å². The van der Waals surface area contributed by atoms with Crippen molar-refractivity contribution in [1.29, 1.82) is 0 Å². The molecule has 1 amide bonds. The standard InChI is InChI=1S/C21H24N2O3S/c24-21(23-14-4-7-18(15-23)16-5-2-1-3-6-16)17-8-12-20(13-9-17)27(25,26)22-19-10-11-19/h1-3,5-6,8-9,12-13,18-19,22H,4,7,10-11,14-15H2. The summed E-state index contributed by atoms with van der Waals surface area (Å²) in [5, 5.41) is 0. The molecule has 1 unspecified atom stereocenters. The van der Waals surface area contributed by atoms with Crippen LogP contribution in [0.25, 0.3) is 0 Å². The molecular formula is C21H24N2O3S. The molecule has 1 atom stereocenters. The largest absolute Gasteiger partial charge is 0.338 e. The maximum Gasteiger partial charge on any atom is 0.253 e. The zero-order valence-corrected chi connectivity index (χ0v) is 16.0. The molecule has 4 rings (SSSR count). The van der Waals surface area contributed by atoms with Crippen molar-refractivity contribution in [3.8, 4) is 0 Å². The molecule has 1 saturated heterocycles. The van der Waals surface area contributed by atoms with Gasteiger partial charge in [-0.3, -0.25) is 4.79 Å². The number of nitrogens with one attached hydrogen (secondary N) is 1. The van der Waals surface area contributed by atoms with Crippen LogP contribution < -0.4 is 4.72 Å². The second kappa shape index (κ2) is 7.44. The van der Waals surface area contributed by atoms with Crippen LogP contribution in [0.5, 0.6) is 0 Å². The summed E-state index contributed by atoms with van der Waals surface area (Å²) in [5.74, 6) is 0.320. The minimum absolute atomic E-state index is 0.0327. The summed E-state index contributed by atoms with van der Waals surface area (Å²) >= 11 is 0. The van der Waals surface area contributed by atoms with Crippen LogP contribution >= 0.6 is 0 Å². The van der Waals surface area contributed by atoms with E-state index in [9.17, 15) is 13.2 Å². The van der Waals surface area contributed by atoms with Crippen molar-refractivity contribution in [2.24, 2.45) is 0 Å². The van der Waals surface area contributed by atoms with Crippen LogP contribution in [-0.2, 0) is 10.0 Å². The number of amides is 1. The minimum atomic E-state index is -3.48. The summed E-state index contributed by atoms with van der Waals surface area (Å²) in [5.41, 5.74) is 1.80. The van der Waals surface area contributed by atoms with Gasteiger partial charge in [0, 0.05) is 30.6 Å². The van der Waals surface area contributed by atoms with Gasteiger partial charge in [-0.15, -0.1) is 0 Å². The van der Waals surface area contributed by atoms with E-state index >= 15 is 0 Å². The van der Waals surface area contributed by atoms with E-state index in [1.807, 2.05) is 23.1 Å². The first kappa shape index (κ1) is 18.2. The highest BCUT2D eigenvalue weighted by atomic mass is 32.2. The Morgan fingerprint density at radius 1 is 0.963 bits per heavy atom. The Kier molecular flexibility index (Phi) is 5.02. The van der Waals surface area contributed by atoms with Crippen molar-refractivity contribution in [1.82, 2.24) is 9.62 Å². The molecule has 2 aromatic carbocycles. The lowest BCUT2D eigenvalue weighted by molar-refractivity contribution is 0.0707. The number of hydrogen-bond donors (Lipinski definition) is 1. The lowest BCUT2D eigenvalue weighted by atomic mass is 9.90. The zero-order valence-electron chi connectivity index (χ0n) is 15.2. The monoisotopic (exact) mass is 384 g/mol. The Bertz CT molecular complexity index is 906. The van der Waals surface area contributed by atoms with E-state index in [0.29, 0.717) is 18.0 Å². The Morgan fingerprint density at radius 3 is 2.33 bits per heavy atom. The Balaban J connectivity index is 1.46. The van der Waals surface area contributed by atoms with Gasteiger partial charge in [0.2, 0.25) is 10.0 Å². The molecule has 1 aliphatic carbocycles. The Hall–Kier alpha value is -2.18. The number of piperidine rings is 1. The molecular weight excluding hydrogens is 360 g/mol. The van der Waals surface area contributed by atoms with Crippen molar-refractivity contribution in [2.75, 3.05) is 13.1 Å². The molecule has 2 fully saturated rings. The summed E-state index contributed by atoms with van der Waals surface area (Å²) in [4.78, 5) is 15.0. The van der Waals surface area contributed by atoms with Gasteiger partial charge in [-0.2, -0.15) is 0 Å². The molecule has 27 heavy (non-hydrogen) atoms. The van der Waals surface area contributed by atoms with E-state index in [2.05, 4.69) is 16.9 Å². The molecule has 1 saturated carbocycles. The topological polar surface area (TPSA) is 66.5 Å². The second-order valence-corrected chi connectivity index (χ2v) is 9.13. The maximum absolute atomic E-state index is 12.9. The van der Waals surface area contributed by atoms with Gasteiger partial charge in [-0.1, -0.05) is 30.3 Å². The van der Waals surface area contributed by atoms with Gasteiger partial charge in [0.15, 0.2) is 0 Å². The van der Waals surface area contributed by atoms with Crippen LogP contribution in [0.4, 0.5) is 0 Å². The summed E-state index contributed by atoms with van der Waals surface area (Å²) in [7, 11) is -3.48. The summed E-state index contributed by atoms with van der Waals surface area (Å²) in [6.07, 6.45) is 3.85. The van der Waals surface area contributed by atoms with Gasteiger partial charge >= 0.3 is 0 Å². The van der Waals surface area contributed by atoms with E-state index in [1.165, 1.54) is 17.7 Å². The molecule has 0 bridgehead atoms. The first-order valence-electron chi connectivity index (χ1n) is 9.49. The van der Waals surface area contributed by atoms with Gasteiger partial charge in [0.1, 0.15) is 0 Å². The summed E-state index contributed by atoms with van der Waals surface area (Å²) in [6.45, 7) is 1.44. The highest BCUT2D eigenvalue weighted by molar-refractivity contribution is 7.89. The van der Waals surface area contributed by atoms with Gasteiger partial charge in [0.25, 0.3) is 5.91 Å². The third-order valence-corrected chi connectivity index (χ3v) is 6.83. The summed E-state index contributed by atoms with van der Waals surface area (Å²) < 4.78 is 27.2. The first-order valence-corrected chi connectivity index (χ1v) is 11.0. The van der Waals surface area contributed by atoms with Crippen LogP contribution in [0.2, 0.25) is 0 Å². The van der Waals surface area contributed by atoms with E-state index < -0.39 is 10.0 Å². The van der Waals surface area contributed by atoms with Crippen molar-refractivity contribution in [3.05, 3.63) is 65.7 Å². The van der Waals surface area contributed by atoms with Crippen LogP contribution in [0.3, 0.4) is 0 Å². The van der Waals surface area contributed by atoms with Gasteiger partial charge in [-0.25, -0.2) is 13.1 Å². The number of hydrogen-bond acceptors (Lipinski definition) is 3. The molecule has 1 heterocycles. The normalized spacial score (nSPS) is 20.4. The molecule has 6 heteroatoms. The molecule has 0 radical (unpaired) electrons. The number of carbonyl (C=O) groups excluding carboxylic acids is 1. The zero-order chi connectivity index (χ0) is 18.9. The predicted molar refractivity (Wildman–Crippen MR) is 104 cm³/mol. The fourth-order valence-corrected chi connectivity index (χ4v) is 4.91. The number of likely N-dealkylation sites (tertiary alicyclic amines) is 1. The first-order chi connectivity index (χ1) is 13.0. The predicted octanol–water partition coefficient (Wildman–Crippen LogP) is 3.15. The van der Waals surface area contributed by atoms with Crippen molar-refractivity contribution in [3.63, 3.8) is 0 Å². The van der Waals surface area contributed by atoms with E-state index in [1.54, 1.807) is 12.1 Å². The fourth-order valence-electron chi connectivity index (χ4n) is 3.61. The smallest absolute Gasteiger partial charge is 0.253 e. The molecule has 1 N–H and O–H groups in total. The molecule has 2 aliphatic rings. The summed E-state index contributed by atoms with van der Waals surface area (Å²) in [6, 6.07) is 16.7.